The van der Waals surface area contributed by atoms with Crippen molar-refractivity contribution >= 4 is 108 Å². The van der Waals surface area contributed by atoms with Gasteiger partial charge in [-0.05, 0) is 59.3 Å². The van der Waals surface area contributed by atoms with Crippen LogP contribution in [0.25, 0.3) is 119 Å². The topological polar surface area (TPSA) is 35.6 Å². The van der Waals surface area contributed by atoms with Crippen LogP contribution in [-0.2, 0) is 0 Å². The predicted octanol–water partition coefficient (Wildman–Crippen LogP) is 14.2. The van der Waals surface area contributed by atoms with Crippen LogP contribution in [0.1, 0.15) is 0 Å². The molecule has 0 fully saturated rings. The number of hydrogen-bond acceptors (Lipinski definition) is 3. The Morgan fingerprint density at radius 1 is 0.404 bits per heavy atom. The van der Waals surface area contributed by atoms with Crippen LogP contribution < -0.4 is 0 Å². The van der Waals surface area contributed by atoms with Crippen LogP contribution in [0, 0.1) is 0 Å². The largest absolute Gasteiger partial charge is 0.309 e. The molecule has 4 heterocycles. The lowest BCUT2D eigenvalue weighted by Gasteiger charge is -2.12. The van der Waals surface area contributed by atoms with Crippen molar-refractivity contribution in [3.05, 3.63) is 182 Å². The maximum atomic E-state index is 5.34. The van der Waals surface area contributed by atoms with Gasteiger partial charge in [0.1, 0.15) is 0 Å². The van der Waals surface area contributed by atoms with Crippen molar-refractivity contribution < 1.29 is 0 Å². The Bertz CT molecular complexity index is 3790. The Balaban J connectivity index is 1.06. The third-order valence-corrected chi connectivity index (χ3v) is 13.1. The van der Waals surface area contributed by atoms with E-state index in [0.29, 0.717) is 0 Å². The summed E-state index contributed by atoms with van der Waals surface area (Å²) in [5, 5.41) is 12.3. The molecule has 0 atom stereocenters. The first-order valence-corrected chi connectivity index (χ1v) is 20.1. The second kappa shape index (κ2) is 11.6. The molecule has 0 saturated heterocycles. The minimum Gasteiger partial charge on any atom is -0.309 e. The Labute approximate surface area is 330 Å². The monoisotopic (exact) mass is 742 g/mol. The molecule has 0 spiro atoms. The quantitative estimate of drug-likeness (QED) is 0.169. The molecular formula is C52H30N4S. The van der Waals surface area contributed by atoms with Crippen molar-refractivity contribution in [1.82, 2.24) is 19.1 Å². The fourth-order valence-electron chi connectivity index (χ4n) is 9.53. The summed E-state index contributed by atoms with van der Waals surface area (Å²) < 4.78 is 7.52. The molecule has 0 radical (unpaired) electrons. The third-order valence-electron chi connectivity index (χ3n) is 11.9. The number of thiophene rings is 1. The highest BCUT2D eigenvalue weighted by Gasteiger charge is 2.22. The zero-order valence-electron chi connectivity index (χ0n) is 30.5. The van der Waals surface area contributed by atoms with E-state index in [1.165, 1.54) is 80.2 Å². The second-order valence-electron chi connectivity index (χ2n) is 14.9. The number of hydrogen-bond donors (Lipinski definition) is 0. The van der Waals surface area contributed by atoms with Crippen LogP contribution in [0.5, 0.6) is 0 Å². The van der Waals surface area contributed by atoms with Gasteiger partial charge in [0.05, 0.1) is 55.4 Å². The number of rotatable bonds is 3. The van der Waals surface area contributed by atoms with Crippen LogP contribution in [0.2, 0.25) is 0 Å². The number of nitrogens with zero attached hydrogens (tertiary/aromatic N) is 4. The zero-order chi connectivity index (χ0) is 37.2. The summed E-state index contributed by atoms with van der Waals surface area (Å²) in [5.41, 5.74) is 10.8. The second-order valence-corrected chi connectivity index (χ2v) is 16.0. The molecule has 4 aromatic heterocycles. The van der Waals surface area contributed by atoms with E-state index in [0.717, 1.165) is 38.8 Å². The molecule has 0 aliphatic rings. The fraction of sp³-hybridized carbons (Fsp3) is 0. The maximum absolute atomic E-state index is 5.34. The molecule has 0 amide bonds. The van der Waals surface area contributed by atoms with Crippen molar-refractivity contribution in [2.75, 3.05) is 0 Å². The van der Waals surface area contributed by atoms with Crippen molar-refractivity contribution in [2.45, 2.75) is 0 Å². The van der Waals surface area contributed by atoms with E-state index < -0.39 is 0 Å². The number of benzene rings is 9. The highest BCUT2D eigenvalue weighted by molar-refractivity contribution is 7.26. The van der Waals surface area contributed by atoms with Crippen molar-refractivity contribution in [2.24, 2.45) is 0 Å². The summed E-state index contributed by atoms with van der Waals surface area (Å²) in [6.07, 6.45) is 1.93. The molecule has 0 bridgehead atoms. The first-order valence-electron chi connectivity index (χ1n) is 19.3. The minimum atomic E-state index is 0.853. The van der Waals surface area contributed by atoms with Crippen LogP contribution in [-0.4, -0.2) is 19.1 Å². The smallest absolute Gasteiger partial charge is 0.0979 e. The Kier molecular flexibility index (Phi) is 6.29. The predicted molar refractivity (Wildman–Crippen MR) is 242 cm³/mol. The normalized spacial score (nSPS) is 12.2. The molecule has 13 rings (SSSR count). The van der Waals surface area contributed by atoms with Gasteiger partial charge in [0.2, 0.25) is 0 Å². The molecule has 13 aromatic rings. The highest BCUT2D eigenvalue weighted by Crippen LogP contribution is 2.45. The van der Waals surface area contributed by atoms with Crippen molar-refractivity contribution in [3.8, 4) is 22.6 Å². The van der Waals surface area contributed by atoms with Gasteiger partial charge in [0.15, 0.2) is 0 Å². The molecular weight excluding hydrogens is 713 g/mol. The van der Waals surface area contributed by atoms with Gasteiger partial charge in [0.25, 0.3) is 0 Å². The van der Waals surface area contributed by atoms with Gasteiger partial charge in [-0.1, -0.05) is 127 Å². The highest BCUT2D eigenvalue weighted by atomic mass is 32.1. The fourth-order valence-corrected chi connectivity index (χ4v) is 10.7. The van der Waals surface area contributed by atoms with Crippen molar-refractivity contribution in [3.63, 3.8) is 0 Å². The molecule has 264 valence electrons. The molecule has 0 aliphatic heterocycles. The molecule has 0 unspecified atom stereocenters. The van der Waals surface area contributed by atoms with Crippen LogP contribution >= 0.6 is 11.3 Å². The van der Waals surface area contributed by atoms with E-state index in [1.807, 2.05) is 17.5 Å². The van der Waals surface area contributed by atoms with Crippen LogP contribution in [0.15, 0.2) is 182 Å². The van der Waals surface area contributed by atoms with E-state index >= 15 is 0 Å². The van der Waals surface area contributed by atoms with Gasteiger partial charge in [0, 0.05) is 59.0 Å². The van der Waals surface area contributed by atoms with E-state index in [4.69, 9.17) is 9.97 Å². The number of aromatic nitrogens is 4. The van der Waals surface area contributed by atoms with Crippen molar-refractivity contribution in [1.29, 1.82) is 0 Å². The Morgan fingerprint density at radius 2 is 0.965 bits per heavy atom. The van der Waals surface area contributed by atoms with Crippen LogP contribution in [0.3, 0.4) is 0 Å². The number of fused-ring (bicyclic) bond motifs is 16. The lowest BCUT2D eigenvalue weighted by atomic mass is 9.99. The molecule has 9 aromatic carbocycles. The van der Waals surface area contributed by atoms with Gasteiger partial charge in [-0.15, -0.1) is 11.3 Å². The van der Waals surface area contributed by atoms with Crippen LogP contribution in [0.4, 0.5) is 0 Å². The average Bonchev–Trinajstić information content (AvgIpc) is 3.94. The molecule has 0 aliphatic carbocycles. The number of para-hydroxylation sites is 2. The van der Waals surface area contributed by atoms with Gasteiger partial charge < -0.3 is 9.13 Å². The van der Waals surface area contributed by atoms with E-state index in [1.54, 1.807) is 0 Å². The minimum absolute atomic E-state index is 0.853. The Morgan fingerprint density at radius 3 is 1.70 bits per heavy atom. The lowest BCUT2D eigenvalue weighted by Crippen LogP contribution is -1.96. The van der Waals surface area contributed by atoms with Gasteiger partial charge in [-0.25, -0.2) is 4.98 Å². The van der Waals surface area contributed by atoms with Gasteiger partial charge in [-0.2, -0.15) is 0 Å². The van der Waals surface area contributed by atoms with Gasteiger partial charge in [-0.3, -0.25) is 4.98 Å². The summed E-state index contributed by atoms with van der Waals surface area (Å²) in [6, 6.07) is 63.7. The zero-order valence-corrected chi connectivity index (χ0v) is 31.3. The molecule has 4 nitrogen and oxygen atoms in total. The summed E-state index contributed by atoms with van der Waals surface area (Å²) in [6.45, 7) is 0. The third kappa shape index (κ3) is 4.26. The summed E-state index contributed by atoms with van der Waals surface area (Å²) >= 11 is 1.88. The standard InChI is InChI=1S/C52H30N4S/c1-3-18-36-33(15-1)34-16-2-4-19-37(34)51-50(36)53-30-41(54-51)31-13-11-14-32(29-31)55-42-23-8-5-20-39(42)48-44(55)27-28-45-49(48)40-21-6-9-24-43(40)56(45)46-25-12-22-38-35-17-7-10-26-47(35)57-52(38)46/h1-30H. The first kappa shape index (κ1) is 30.9. The molecule has 0 N–H and O–H groups in total. The van der Waals surface area contributed by atoms with E-state index in [2.05, 4.69) is 185 Å². The summed E-state index contributed by atoms with van der Waals surface area (Å²) in [5.74, 6) is 0. The van der Waals surface area contributed by atoms with Gasteiger partial charge >= 0.3 is 0 Å². The van der Waals surface area contributed by atoms with E-state index in [-0.39, 0.29) is 0 Å². The SMILES string of the molecule is c1cc(-c2cnc3c4ccccc4c4ccccc4c3n2)cc(-n2c3ccccc3c3c4c5ccccc5n(-c5cccc6c5sc5ccccc56)c4ccc32)c1. The molecule has 57 heavy (non-hydrogen) atoms. The van der Waals surface area contributed by atoms with E-state index in [9.17, 15) is 0 Å². The molecule has 0 saturated carbocycles. The lowest BCUT2D eigenvalue weighted by molar-refractivity contribution is 1.18. The first-order chi connectivity index (χ1) is 28.3. The summed E-state index contributed by atoms with van der Waals surface area (Å²) in [4.78, 5) is 10.4. The summed E-state index contributed by atoms with van der Waals surface area (Å²) in [7, 11) is 0. The average molecular weight is 743 g/mol. The maximum Gasteiger partial charge on any atom is 0.0979 e. The molecule has 5 heteroatoms. The Hall–Kier alpha value is -7.34.